The maximum Gasteiger partial charge on any atom is 0.230 e. The van der Waals surface area contributed by atoms with Gasteiger partial charge in [-0.3, -0.25) is 9.59 Å². The number of carbonyl (C=O) groups is 2. The number of amides is 2. The van der Waals surface area contributed by atoms with Crippen LogP contribution < -0.4 is 10.6 Å². The van der Waals surface area contributed by atoms with Crippen molar-refractivity contribution < 1.29 is 9.59 Å². The highest BCUT2D eigenvalue weighted by Crippen LogP contribution is 2.25. The Balaban J connectivity index is 1.74. The lowest BCUT2D eigenvalue weighted by atomic mass is 10.1. The van der Waals surface area contributed by atoms with Crippen molar-refractivity contribution in [1.29, 1.82) is 0 Å². The van der Waals surface area contributed by atoms with E-state index in [0.717, 1.165) is 12.0 Å². The second-order valence-corrected chi connectivity index (χ2v) is 7.42. The van der Waals surface area contributed by atoms with Crippen molar-refractivity contribution in [2.45, 2.75) is 31.2 Å². The summed E-state index contributed by atoms with van der Waals surface area (Å²) in [5, 5.41) is 14.0. The molecule has 2 aromatic rings. The number of carbonyl (C=O) groups excluding carboxylic acids is 2. The highest BCUT2D eigenvalue weighted by atomic mass is 32.2. The van der Waals surface area contributed by atoms with E-state index < -0.39 is 0 Å². The van der Waals surface area contributed by atoms with Crippen LogP contribution >= 0.6 is 23.1 Å². The fourth-order valence-corrected chi connectivity index (χ4v) is 3.29. The minimum Gasteiger partial charge on any atom is -0.351 e. The molecule has 0 saturated carbocycles. The maximum absolute atomic E-state index is 11.9. The van der Waals surface area contributed by atoms with E-state index in [4.69, 9.17) is 0 Å². The third-order valence-electron chi connectivity index (χ3n) is 3.36. The average molecular weight is 364 g/mol. The zero-order valence-corrected chi connectivity index (χ0v) is 15.2. The zero-order valence-electron chi connectivity index (χ0n) is 13.6. The van der Waals surface area contributed by atoms with Crippen LogP contribution in [0.25, 0.3) is 0 Å². The quantitative estimate of drug-likeness (QED) is 0.556. The van der Waals surface area contributed by atoms with Gasteiger partial charge in [-0.25, -0.2) is 0 Å². The highest BCUT2D eigenvalue weighted by molar-refractivity contribution is 8.01. The van der Waals surface area contributed by atoms with Gasteiger partial charge in [0.25, 0.3) is 0 Å². The number of nitrogens with zero attached hydrogens (tertiary/aromatic N) is 2. The van der Waals surface area contributed by atoms with Crippen molar-refractivity contribution in [3.8, 4) is 0 Å². The van der Waals surface area contributed by atoms with Crippen LogP contribution in [0, 0.1) is 5.92 Å². The van der Waals surface area contributed by atoms with E-state index in [0.29, 0.717) is 16.0 Å². The van der Waals surface area contributed by atoms with E-state index >= 15 is 0 Å². The topological polar surface area (TPSA) is 84.0 Å². The first-order chi connectivity index (χ1) is 11.6. The van der Waals surface area contributed by atoms with Gasteiger partial charge in [-0.1, -0.05) is 67.3 Å². The first-order valence-corrected chi connectivity index (χ1v) is 9.46. The lowest BCUT2D eigenvalue weighted by Crippen LogP contribution is -2.24. The summed E-state index contributed by atoms with van der Waals surface area (Å²) < 4.78 is 0.657. The van der Waals surface area contributed by atoms with Gasteiger partial charge in [0, 0.05) is 12.5 Å². The van der Waals surface area contributed by atoms with Crippen LogP contribution in [0.3, 0.4) is 0 Å². The summed E-state index contributed by atoms with van der Waals surface area (Å²) in [7, 11) is 0. The lowest BCUT2D eigenvalue weighted by molar-refractivity contribution is -0.120. The predicted molar refractivity (Wildman–Crippen MR) is 97.0 cm³/mol. The molecule has 2 rings (SSSR count). The van der Waals surface area contributed by atoms with Crippen molar-refractivity contribution in [3.63, 3.8) is 0 Å². The van der Waals surface area contributed by atoms with Crippen molar-refractivity contribution in [1.82, 2.24) is 15.5 Å². The molecule has 0 saturated heterocycles. The number of thioether (sulfide) groups is 1. The van der Waals surface area contributed by atoms with Gasteiger partial charge in [-0.05, 0) is 12.0 Å². The number of rotatable bonds is 8. The van der Waals surface area contributed by atoms with Gasteiger partial charge in [0.1, 0.15) is 0 Å². The van der Waals surface area contributed by atoms with Crippen LogP contribution in [-0.2, 0) is 16.1 Å². The molecule has 0 fully saturated rings. The van der Waals surface area contributed by atoms with Crippen molar-refractivity contribution in [2.75, 3.05) is 11.1 Å². The largest absolute Gasteiger partial charge is 0.351 e. The second kappa shape index (κ2) is 9.39. The molecule has 0 aliphatic rings. The Morgan fingerprint density at radius 3 is 2.71 bits per heavy atom. The van der Waals surface area contributed by atoms with Gasteiger partial charge in [0.05, 0.1) is 5.75 Å². The normalized spacial score (nSPS) is 11.8. The third-order valence-corrected chi connectivity index (χ3v) is 5.33. The van der Waals surface area contributed by atoms with Gasteiger partial charge >= 0.3 is 0 Å². The Bertz CT molecular complexity index is 676. The van der Waals surface area contributed by atoms with Gasteiger partial charge in [-0.15, -0.1) is 10.2 Å². The van der Waals surface area contributed by atoms with Crippen LogP contribution in [0.5, 0.6) is 0 Å². The molecule has 1 aromatic heterocycles. The predicted octanol–water partition coefficient (Wildman–Crippen LogP) is 2.93. The molecule has 0 spiro atoms. The highest BCUT2D eigenvalue weighted by Gasteiger charge is 2.14. The first kappa shape index (κ1) is 18.4. The smallest absolute Gasteiger partial charge is 0.230 e. The molecule has 0 unspecified atom stereocenters. The lowest BCUT2D eigenvalue weighted by Gasteiger charge is -2.06. The fraction of sp³-hybridized carbons (Fsp3) is 0.375. The minimum atomic E-state index is -0.0655. The summed E-state index contributed by atoms with van der Waals surface area (Å²) in [4.78, 5) is 23.7. The van der Waals surface area contributed by atoms with Crippen LogP contribution in [-0.4, -0.2) is 27.8 Å². The van der Waals surface area contributed by atoms with E-state index in [2.05, 4.69) is 20.8 Å². The van der Waals surface area contributed by atoms with Gasteiger partial charge in [0.15, 0.2) is 4.34 Å². The number of nitrogens with one attached hydrogen (secondary N) is 2. The monoisotopic (exact) mass is 364 g/mol. The molecular weight excluding hydrogens is 344 g/mol. The number of anilines is 1. The Morgan fingerprint density at radius 2 is 2.00 bits per heavy atom. The summed E-state index contributed by atoms with van der Waals surface area (Å²) in [6, 6.07) is 9.74. The molecular formula is C16H20N4O2S2. The molecule has 0 radical (unpaired) electrons. The van der Waals surface area contributed by atoms with Crippen molar-refractivity contribution >= 4 is 40.0 Å². The van der Waals surface area contributed by atoms with Crippen LogP contribution in [0.2, 0.25) is 0 Å². The first-order valence-electron chi connectivity index (χ1n) is 7.66. The molecule has 0 bridgehead atoms. The average Bonchev–Trinajstić information content (AvgIpc) is 3.05. The number of aromatic nitrogens is 2. The summed E-state index contributed by atoms with van der Waals surface area (Å²) in [5.74, 6) is 0.0737. The summed E-state index contributed by atoms with van der Waals surface area (Å²) in [6.07, 6.45) is 0.772. The van der Waals surface area contributed by atoms with Crippen molar-refractivity contribution in [2.24, 2.45) is 5.92 Å². The van der Waals surface area contributed by atoms with Gasteiger partial charge in [-0.2, -0.15) is 0 Å². The van der Waals surface area contributed by atoms with E-state index in [-0.39, 0.29) is 23.5 Å². The summed E-state index contributed by atoms with van der Waals surface area (Å²) >= 11 is 2.58. The fourth-order valence-electron chi connectivity index (χ4n) is 1.71. The van der Waals surface area contributed by atoms with Crippen LogP contribution in [0.4, 0.5) is 5.13 Å². The summed E-state index contributed by atoms with van der Waals surface area (Å²) in [6.45, 7) is 4.33. The zero-order chi connectivity index (χ0) is 17.4. The number of hydrogen-bond acceptors (Lipinski definition) is 6. The maximum atomic E-state index is 11.9. The number of benzene rings is 1. The standard InChI is InChI=1S/C16H20N4O2S2/c1-3-11(2)14(22)18-15-19-20-16(24-15)23-10-13(21)17-9-12-7-5-4-6-8-12/h4-8,11H,3,9-10H2,1-2H3,(H,17,21)(H,18,19,22)/t11-/m1/s1. The molecule has 6 nitrogen and oxygen atoms in total. The molecule has 2 N–H and O–H groups in total. The molecule has 1 heterocycles. The van der Waals surface area contributed by atoms with E-state index in [9.17, 15) is 9.59 Å². The summed E-state index contributed by atoms with van der Waals surface area (Å²) in [5.41, 5.74) is 1.06. The Labute approximate surface area is 149 Å². The van der Waals surface area contributed by atoms with Crippen molar-refractivity contribution in [3.05, 3.63) is 35.9 Å². The Hall–Kier alpha value is -1.93. The van der Waals surface area contributed by atoms with E-state index in [1.165, 1.54) is 23.1 Å². The molecule has 8 heteroatoms. The second-order valence-electron chi connectivity index (χ2n) is 5.22. The van der Waals surface area contributed by atoms with E-state index in [1.54, 1.807) is 0 Å². The molecule has 0 aliphatic heterocycles. The molecule has 1 atom stereocenters. The molecule has 2 amide bonds. The molecule has 24 heavy (non-hydrogen) atoms. The van der Waals surface area contributed by atoms with Gasteiger partial charge in [0.2, 0.25) is 16.9 Å². The Morgan fingerprint density at radius 1 is 1.25 bits per heavy atom. The van der Waals surface area contributed by atoms with E-state index in [1.807, 2.05) is 44.2 Å². The number of hydrogen-bond donors (Lipinski definition) is 2. The Kier molecular flexibility index (Phi) is 7.20. The third kappa shape index (κ3) is 5.93. The molecule has 0 aliphatic carbocycles. The molecule has 1 aromatic carbocycles. The molecule has 128 valence electrons. The van der Waals surface area contributed by atoms with Gasteiger partial charge < -0.3 is 10.6 Å². The van der Waals surface area contributed by atoms with Crippen LogP contribution in [0.15, 0.2) is 34.7 Å². The van der Waals surface area contributed by atoms with Crippen LogP contribution in [0.1, 0.15) is 25.8 Å². The SMILES string of the molecule is CC[C@@H](C)C(=O)Nc1nnc(SCC(=O)NCc2ccccc2)s1. The minimum absolute atomic E-state index is 0.0613.